The summed E-state index contributed by atoms with van der Waals surface area (Å²) in [5.74, 6) is 0.278. The second kappa shape index (κ2) is 6.07. The molecule has 1 aliphatic carbocycles. The Morgan fingerprint density at radius 3 is 2.35 bits per heavy atom. The van der Waals surface area contributed by atoms with Gasteiger partial charge >= 0.3 is 5.97 Å². The number of carbonyl (C=O) groups excluding carboxylic acids is 2. The van der Waals surface area contributed by atoms with Gasteiger partial charge in [-0.25, -0.2) is 0 Å². The molecule has 23 heavy (non-hydrogen) atoms. The number of carbonyl (C=O) groups is 2. The molecule has 1 aromatic carbocycles. The Morgan fingerprint density at radius 2 is 1.87 bits per heavy atom. The molecule has 0 bridgehead atoms. The predicted molar refractivity (Wildman–Crippen MR) is 86.3 cm³/mol. The van der Waals surface area contributed by atoms with Crippen LogP contribution >= 0.6 is 0 Å². The van der Waals surface area contributed by atoms with Gasteiger partial charge in [-0.15, -0.1) is 6.58 Å². The molecule has 124 valence electrons. The maximum absolute atomic E-state index is 13.0. The van der Waals surface area contributed by atoms with Crippen LogP contribution in [0.25, 0.3) is 0 Å². The summed E-state index contributed by atoms with van der Waals surface area (Å²) >= 11 is 0. The molecular weight excluding hydrogens is 296 g/mol. The Hall–Kier alpha value is -2.30. The fraction of sp³-hybridized carbons (Fsp3) is 0.444. The molecule has 0 fully saturated rings. The molecule has 0 N–H and O–H groups in total. The van der Waals surface area contributed by atoms with Crippen LogP contribution in [0.1, 0.15) is 34.0 Å². The number of hydrogen-bond acceptors (Lipinski definition) is 5. The predicted octanol–water partition coefficient (Wildman–Crippen LogP) is 2.66. The van der Waals surface area contributed by atoms with Crippen LogP contribution in [0.2, 0.25) is 0 Å². The largest absolute Gasteiger partial charge is 0.496 e. The first kappa shape index (κ1) is 17.1. The molecule has 0 radical (unpaired) electrons. The van der Waals surface area contributed by atoms with Crippen LogP contribution in [0.5, 0.6) is 11.5 Å². The van der Waals surface area contributed by atoms with Crippen molar-refractivity contribution < 1.29 is 23.8 Å². The number of Topliss-reactive ketones (excluding diaryl/α,β-unsaturated/α-hetero) is 1. The first-order chi connectivity index (χ1) is 10.9. The fourth-order valence-electron chi connectivity index (χ4n) is 3.34. The number of ether oxygens (including phenoxy) is 3. The van der Waals surface area contributed by atoms with Crippen LogP contribution in [-0.4, -0.2) is 33.1 Å². The average molecular weight is 318 g/mol. The summed E-state index contributed by atoms with van der Waals surface area (Å²) < 4.78 is 15.9. The number of benzene rings is 1. The Kier molecular flexibility index (Phi) is 4.50. The lowest BCUT2D eigenvalue weighted by Crippen LogP contribution is -2.35. The molecule has 2 rings (SSSR count). The van der Waals surface area contributed by atoms with E-state index in [1.165, 1.54) is 14.2 Å². The highest BCUT2D eigenvalue weighted by atomic mass is 16.5. The van der Waals surface area contributed by atoms with Crippen LogP contribution in [0, 0.1) is 12.3 Å². The van der Waals surface area contributed by atoms with Gasteiger partial charge in [-0.05, 0) is 25.8 Å². The highest BCUT2D eigenvalue weighted by Gasteiger charge is 2.52. The topological polar surface area (TPSA) is 61.8 Å². The molecule has 1 atom stereocenters. The molecule has 5 heteroatoms. The fourth-order valence-corrected chi connectivity index (χ4v) is 3.34. The number of hydrogen-bond donors (Lipinski definition) is 0. The zero-order valence-corrected chi connectivity index (χ0v) is 14.2. The van der Waals surface area contributed by atoms with Crippen molar-refractivity contribution in [3.63, 3.8) is 0 Å². The minimum absolute atomic E-state index is 0.239. The molecule has 0 aromatic heterocycles. The summed E-state index contributed by atoms with van der Waals surface area (Å²) in [7, 11) is 4.37. The maximum Gasteiger partial charge on any atom is 0.319 e. The number of methoxy groups -OCH3 is 3. The molecule has 0 amide bonds. The van der Waals surface area contributed by atoms with Gasteiger partial charge in [0.25, 0.3) is 0 Å². The molecule has 1 unspecified atom stereocenters. The molecule has 0 saturated carbocycles. The number of rotatable bonds is 5. The normalized spacial score (nSPS) is 19.3. The quantitative estimate of drug-likeness (QED) is 0.474. The van der Waals surface area contributed by atoms with Gasteiger partial charge in [0, 0.05) is 17.5 Å². The zero-order valence-electron chi connectivity index (χ0n) is 14.2. The van der Waals surface area contributed by atoms with Crippen LogP contribution in [0.15, 0.2) is 12.7 Å². The second-order valence-corrected chi connectivity index (χ2v) is 5.85. The first-order valence-electron chi connectivity index (χ1n) is 7.37. The van der Waals surface area contributed by atoms with E-state index in [-0.39, 0.29) is 12.2 Å². The van der Waals surface area contributed by atoms with E-state index in [2.05, 4.69) is 6.58 Å². The van der Waals surface area contributed by atoms with Crippen LogP contribution in [0.3, 0.4) is 0 Å². The maximum atomic E-state index is 13.0. The van der Waals surface area contributed by atoms with Crippen molar-refractivity contribution in [3.8, 4) is 11.5 Å². The third-order valence-corrected chi connectivity index (χ3v) is 4.52. The van der Waals surface area contributed by atoms with Crippen molar-refractivity contribution in [2.45, 2.75) is 26.7 Å². The monoisotopic (exact) mass is 318 g/mol. The molecule has 1 aliphatic rings. The summed E-state index contributed by atoms with van der Waals surface area (Å²) in [5.41, 5.74) is 1.61. The van der Waals surface area contributed by atoms with E-state index in [1.807, 2.05) is 6.92 Å². The smallest absolute Gasteiger partial charge is 0.319 e. The molecule has 0 saturated heterocycles. The van der Waals surface area contributed by atoms with Crippen molar-refractivity contribution in [1.29, 1.82) is 0 Å². The van der Waals surface area contributed by atoms with E-state index in [4.69, 9.17) is 14.2 Å². The van der Waals surface area contributed by atoms with Gasteiger partial charge in [0.2, 0.25) is 0 Å². The molecule has 0 aliphatic heterocycles. The molecular formula is C18H22O5. The van der Waals surface area contributed by atoms with Crippen LogP contribution in [0.4, 0.5) is 0 Å². The molecule has 0 spiro atoms. The summed E-state index contributed by atoms with van der Waals surface area (Å²) in [4.78, 5) is 25.1. The second-order valence-electron chi connectivity index (χ2n) is 5.85. The van der Waals surface area contributed by atoms with Gasteiger partial charge in [-0.2, -0.15) is 0 Å². The van der Waals surface area contributed by atoms with Crippen molar-refractivity contribution in [2.24, 2.45) is 5.41 Å². The summed E-state index contributed by atoms with van der Waals surface area (Å²) in [5, 5.41) is 0. The molecule has 0 heterocycles. The van der Waals surface area contributed by atoms with E-state index < -0.39 is 11.4 Å². The van der Waals surface area contributed by atoms with E-state index in [0.29, 0.717) is 29.0 Å². The molecule has 5 nitrogen and oxygen atoms in total. The Balaban J connectivity index is 2.80. The summed E-state index contributed by atoms with van der Waals surface area (Å²) in [6.07, 6.45) is 2.53. The number of fused-ring (bicyclic) bond motifs is 1. The van der Waals surface area contributed by atoms with Gasteiger partial charge in [0.05, 0.1) is 26.9 Å². The highest BCUT2D eigenvalue weighted by molar-refractivity contribution is 6.17. The van der Waals surface area contributed by atoms with Gasteiger partial charge in [-0.1, -0.05) is 6.08 Å². The number of allylic oxidation sites excluding steroid dienone is 1. The van der Waals surface area contributed by atoms with E-state index >= 15 is 0 Å². The minimum atomic E-state index is -1.25. The van der Waals surface area contributed by atoms with Crippen molar-refractivity contribution in [3.05, 3.63) is 34.9 Å². The Bertz CT molecular complexity index is 689. The number of esters is 1. The van der Waals surface area contributed by atoms with Crippen molar-refractivity contribution >= 4 is 11.8 Å². The van der Waals surface area contributed by atoms with Crippen LogP contribution in [-0.2, 0) is 22.4 Å². The minimum Gasteiger partial charge on any atom is -0.496 e. The highest BCUT2D eigenvalue weighted by Crippen LogP contribution is 2.49. The Morgan fingerprint density at radius 1 is 1.26 bits per heavy atom. The van der Waals surface area contributed by atoms with Crippen LogP contribution < -0.4 is 9.47 Å². The van der Waals surface area contributed by atoms with Crippen molar-refractivity contribution in [1.82, 2.24) is 0 Å². The summed E-state index contributed by atoms with van der Waals surface area (Å²) in [6.45, 7) is 7.27. The SMILES string of the molecule is C=CCc1c(C)c(OC)c2c(c1OC)C(=O)C(C)(C(=O)OC)C2. The van der Waals surface area contributed by atoms with E-state index in [1.54, 1.807) is 20.1 Å². The number of ketones is 1. The van der Waals surface area contributed by atoms with Crippen molar-refractivity contribution in [2.75, 3.05) is 21.3 Å². The Labute approximate surface area is 136 Å². The lowest BCUT2D eigenvalue weighted by atomic mass is 9.86. The standard InChI is InChI=1S/C18H22O5/c1-7-8-11-10(2)14(21-4)12-9-18(3,17(20)23-6)16(19)13(12)15(11)22-5/h7H,1,8-9H2,2-6H3. The van der Waals surface area contributed by atoms with Gasteiger partial charge in [0.1, 0.15) is 16.9 Å². The average Bonchev–Trinajstić information content (AvgIpc) is 2.81. The lowest BCUT2D eigenvalue weighted by molar-refractivity contribution is -0.148. The summed E-state index contributed by atoms with van der Waals surface area (Å²) in [6, 6.07) is 0. The lowest BCUT2D eigenvalue weighted by Gasteiger charge is -2.18. The zero-order chi connectivity index (χ0) is 17.4. The first-order valence-corrected chi connectivity index (χ1v) is 7.37. The third kappa shape index (κ3) is 2.31. The van der Waals surface area contributed by atoms with E-state index in [9.17, 15) is 9.59 Å². The van der Waals surface area contributed by atoms with Gasteiger partial charge in [0.15, 0.2) is 5.78 Å². The van der Waals surface area contributed by atoms with E-state index in [0.717, 1.165) is 11.1 Å². The third-order valence-electron chi connectivity index (χ3n) is 4.52. The van der Waals surface area contributed by atoms with Gasteiger partial charge in [-0.3, -0.25) is 9.59 Å². The molecule has 1 aromatic rings. The van der Waals surface area contributed by atoms with Gasteiger partial charge < -0.3 is 14.2 Å².